The van der Waals surface area contributed by atoms with E-state index >= 15 is 0 Å². The van der Waals surface area contributed by atoms with Crippen LogP contribution >= 0.6 is 24.0 Å². The molecule has 1 aliphatic rings. The van der Waals surface area contributed by atoms with Crippen LogP contribution in [-0.2, 0) is 4.79 Å². The number of benzene rings is 1. The summed E-state index contributed by atoms with van der Waals surface area (Å²) in [6, 6.07) is 5.68. The van der Waals surface area contributed by atoms with E-state index in [9.17, 15) is 4.79 Å². The lowest BCUT2D eigenvalue weighted by Crippen LogP contribution is -2.28. The summed E-state index contributed by atoms with van der Waals surface area (Å²) in [4.78, 5) is 14.7. The Morgan fingerprint density at radius 3 is 2.71 bits per heavy atom. The molecule has 0 aliphatic carbocycles. The van der Waals surface area contributed by atoms with Crippen LogP contribution in [0.2, 0.25) is 0 Å². The van der Waals surface area contributed by atoms with E-state index in [1.54, 1.807) is 12.0 Å². The maximum atomic E-state index is 12.4. The molecule has 0 saturated carbocycles. The molecule has 1 heterocycles. The van der Waals surface area contributed by atoms with Crippen LogP contribution in [0.1, 0.15) is 39.2 Å². The summed E-state index contributed by atoms with van der Waals surface area (Å²) < 4.78 is 11.9. The molecule has 1 aromatic rings. The van der Waals surface area contributed by atoms with Crippen molar-refractivity contribution in [2.45, 2.75) is 39.7 Å². The predicted molar refractivity (Wildman–Crippen MR) is 104 cm³/mol. The molecule has 1 fully saturated rings. The van der Waals surface area contributed by atoms with Gasteiger partial charge in [-0.05, 0) is 43.5 Å². The number of hydrogen-bond acceptors (Lipinski definition) is 5. The fourth-order valence-corrected chi connectivity index (χ4v) is 3.55. The normalized spacial score (nSPS) is 17.5. The van der Waals surface area contributed by atoms with Crippen molar-refractivity contribution < 1.29 is 14.3 Å². The monoisotopic (exact) mass is 365 g/mol. The minimum absolute atomic E-state index is 0.0225. The van der Waals surface area contributed by atoms with Gasteiger partial charge in [-0.2, -0.15) is 0 Å². The first-order valence-corrected chi connectivity index (χ1v) is 9.32. The van der Waals surface area contributed by atoms with Gasteiger partial charge in [0, 0.05) is 6.54 Å². The van der Waals surface area contributed by atoms with E-state index in [1.807, 2.05) is 38.1 Å². The molecule has 1 aromatic carbocycles. The molecule has 0 aromatic heterocycles. The number of hydrogen-bond donors (Lipinski definition) is 0. The summed E-state index contributed by atoms with van der Waals surface area (Å²) >= 11 is 6.63. The SMILES string of the molecule is CCCN1C(=O)/C(=C\c2ccc(O[C@H](C)CC)c(OC)c2)SC1=S. The van der Waals surface area contributed by atoms with Crippen molar-refractivity contribution in [3.63, 3.8) is 0 Å². The average molecular weight is 366 g/mol. The molecule has 1 saturated heterocycles. The summed E-state index contributed by atoms with van der Waals surface area (Å²) in [5, 5.41) is 0. The minimum Gasteiger partial charge on any atom is -0.493 e. The van der Waals surface area contributed by atoms with E-state index in [0.29, 0.717) is 27.3 Å². The fourth-order valence-electron chi connectivity index (χ4n) is 2.24. The standard InChI is InChI=1S/C18H23NO3S2/c1-5-9-19-17(20)16(24-18(19)23)11-13-7-8-14(15(10-13)21-4)22-12(3)6-2/h7-8,10-12H,5-6,9H2,1-4H3/b16-11+/t12-/m1/s1. The molecular weight excluding hydrogens is 342 g/mol. The van der Waals surface area contributed by atoms with Crippen molar-refractivity contribution in [3.8, 4) is 11.5 Å². The number of amides is 1. The van der Waals surface area contributed by atoms with Crippen molar-refractivity contribution in [2.75, 3.05) is 13.7 Å². The van der Waals surface area contributed by atoms with Crippen LogP contribution in [0.3, 0.4) is 0 Å². The van der Waals surface area contributed by atoms with Gasteiger partial charge in [-0.15, -0.1) is 0 Å². The number of thioether (sulfide) groups is 1. The molecular formula is C18H23NO3S2. The quantitative estimate of drug-likeness (QED) is 0.526. The summed E-state index contributed by atoms with van der Waals surface area (Å²) in [5.74, 6) is 1.35. The first kappa shape index (κ1) is 18.8. The van der Waals surface area contributed by atoms with Crippen LogP contribution in [0.15, 0.2) is 23.1 Å². The lowest BCUT2D eigenvalue weighted by molar-refractivity contribution is -0.122. The minimum atomic E-state index is -0.0225. The van der Waals surface area contributed by atoms with Crippen molar-refractivity contribution in [3.05, 3.63) is 28.7 Å². The molecule has 4 nitrogen and oxygen atoms in total. The van der Waals surface area contributed by atoms with E-state index in [4.69, 9.17) is 21.7 Å². The number of nitrogens with zero attached hydrogens (tertiary/aromatic N) is 1. The first-order chi connectivity index (χ1) is 11.5. The van der Waals surface area contributed by atoms with E-state index in [2.05, 4.69) is 6.92 Å². The Balaban J connectivity index is 2.24. The zero-order valence-corrected chi connectivity index (χ0v) is 16.1. The van der Waals surface area contributed by atoms with E-state index in [0.717, 1.165) is 18.4 Å². The van der Waals surface area contributed by atoms with Gasteiger partial charge in [0.2, 0.25) is 0 Å². The third kappa shape index (κ3) is 4.30. The summed E-state index contributed by atoms with van der Waals surface area (Å²) in [6.07, 6.45) is 3.78. The van der Waals surface area contributed by atoms with Crippen LogP contribution in [0, 0.1) is 0 Å². The van der Waals surface area contributed by atoms with E-state index in [-0.39, 0.29) is 12.0 Å². The molecule has 0 radical (unpaired) electrons. The molecule has 6 heteroatoms. The second-order valence-corrected chi connectivity index (χ2v) is 7.26. The first-order valence-electron chi connectivity index (χ1n) is 8.10. The number of rotatable bonds is 7. The van der Waals surface area contributed by atoms with E-state index in [1.165, 1.54) is 11.8 Å². The summed E-state index contributed by atoms with van der Waals surface area (Å²) in [7, 11) is 1.61. The van der Waals surface area contributed by atoms with Crippen molar-refractivity contribution in [2.24, 2.45) is 0 Å². The molecule has 24 heavy (non-hydrogen) atoms. The van der Waals surface area contributed by atoms with E-state index < -0.39 is 0 Å². The Hall–Kier alpha value is -1.53. The Kier molecular flexibility index (Phi) is 6.69. The molecule has 130 valence electrons. The van der Waals surface area contributed by atoms with Crippen molar-refractivity contribution in [1.82, 2.24) is 4.90 Å². The molecule has 0 spiro atoms. The van der Waals surface area contributed by atoms with Crippen LogP contribution in [0.25, 0.3) is 6.08 Å². The van der Waals surface area contributed by atoms with Gasteiger partial charge >= 0.3 is 0 Å². The van der Waals surface area contributed by atoms with Gasteiger partial charge in [0.05, 0.1) is 18.1 Å². The predicted octanol–water partition coefficient (Wildman–Crippen LogP) is 4.48. The molecule has 0 bridgehead atoms. The van der Waals surface area contributed by atoms with Crippen LogP contribution in [-0.4, -0.2) is 34.9 Å². The van der Waals surface area contributed by atoms with Crippen LogP contribution in [0.4, 0.5) is 0 Å². The maximum absolute atomic E-state index is 12.4. The highest BCUT2D eigenvalue weighted by Crippen LogP contribution is 2.35. The summed E-state index contributed by atoms with van der Waals surface area (Å²) in [6.45, 7) is 6.78. The van der Waals surface area contributed by atoms with Crippen LogP contribution < -0.4 is 9.47 Å². The lowest BCUT2D eigenvalue weighted by atomic mass is 10.1. The Morgan fingerprint density at radius 2 is 2.08 bits per heavy atom. The number of thiocarbonyl (C=S) groups is 1. The lowest BCUT2D eigenvalue weighted by Gasteiger charge is -2.15. The second kappa shape index (κ2) is 8.53. The smallest absolute Gasteiger partial charge is 0.266 e. The number of methoxy groups -OCH3 is 1. The zero-order valence-electron chi connectivity index (χ0n) is 14.5. The molecule has 1 amide bonds. The average Bonchev–Trinajstić information content (AvgIpc) is 2.83. The second-order valence-electron chi connectivity index (χ2n) is 5.58. The van der Waals surface area contributed by atoms with Gasteiger partial charge in [0.15, 0.2) is 11.5 Å². The molecule has 1 atom stereocenters. The molecule has 2 rings (SSSR count). The number of carbonyl (C=O) groups is 1. The molecule has 0 N–H and O–H groups in total. The third-order valence-electron chi connectivity index (χ3n) is 3.71. The van der Waals surface area contributed by atoms with Crippen molar-refractivity contribution >= 4 is 40.3 Å². The Bertz CT molecular complexity index is 658. The van der Waals surface area contributed by atoms with Gasteiger partial charge in [-0.25, -0.2) is 0 Å². The Labute approximate surface area is 153 Å². The fraction of sp³-hybridized carbons (Fsp3) is 0.444. The van der Waals surface area contributed by atoms with Gasteiger partial charge in [0.25, 0.3) is 5.91 Å². The number of carbonyl (C=O) groups excluding carboxylic acids is 1. The third-order valence-corrected chi connectivity index (χ3v) is 5.09. The van der Waals surface area contributed by atoms with Crippen LogP contribution in [0.5, 0.6) is 11.5 Å². The molecule has 0 unspecified atom stereocenters. The van der Waals surface area contributed by atoms with Gasteiger partial charge in [-0.1, -0.05) is 43.9 Å². The highest BCUT2D eigenvalue weighted by atomic mass is 32.2. The number of ether oxygens (including phenoxy) is 2. The maximum Gasteiger partial charge on any atom is 0.266 e. The zero-order chi connectivity index (χ0) is 17.7. The van der Waals surface area contributed by atoms with Gasteiger partial charge in [0.1, 0.15) is 4.32 Å². The van der Waals surface area contributed by atoms with Gasteiger partial charge in [-0.3, -0.25) is 9.69 Å². The van der Waals surface area contributed by atoms with Gasteiger partial charge < -0.3 is 9.47 Å². The largest absolute Gasteiger partial charge is 0.493 e. The topological polar surface area (TPSA) is 38.8 Å². The Morgan fingerprint density at radius 1 is 1.33 bits per heavy atom. The van der Waals surface area contributed by atoms with Crippen molar-refractivity contribution in [1.29, 1.82) is 0 Å². The molecule has 1 aliphatic heterocycles. The highest BCUT2D eigenvalue weighted by Gasteiger charge is 2.31. The highest BCUT2D eigenvalue weighted by molar-refractivity contribution is 8.26. The summed E-state index contributed by atoms with van der Waals surface area (Å²) in [5.41, 5.74) is 0.889.